The Kier molecular flexibility index (Phi) is 12.4. The SMILES string of the molecule is CCOCCNC(=NC)N(C)CCOc1ccc(Cl)cc1.I. The first-order valence-electron chi connectivity index (χ1n) is 7.05. The minimum atomic E-state index is 0. The molecule has 0 saturated carbocycles. The van der Waals surface area contributed by atoms with Crippen LogP contribution in [0.4, 0.5) is 0 Å². The monoisotopic (exact) mass is 441 g/mol. The fraction of sp³-hybridized carbons (Fsp3) is 0.533. The Morgan fingerprint density at radius 3 is 2.55 bits per heavy atom. The molecule has 0 bridgehead atoms. The van der Waals surface area contributed by atoms with Crippen LogP contribution in [-0.4, -0.2) is 57.9 Å². The van der Waals surface area contributed by atoms with Crippen molar-refractivity contribution in [3.63, 3.8) is 0 Å². The van der Waals surface area contributed by atoms with E-state index < -0.39 is 0 Å². The number of ether oxygens (including phenoxy) is 2. The quantitative estimate of drug-likeness (QED) is 0.292. The molecule has 1 aromatic rings. The Balaban J connectivity index is 0.00000441. The highest BCUT2D eigenvalue weighted by Crippen LogP contribution is 2.15. The van der Waals surface area contributed by atoms with Crippen molar-refractivity contribution >= 4 is 41.5 Å². The molecule has 0 amide bonds. The Morgan fingerprint density at radius 1 is 1.27 bits per heavy atom. The van der Waals surface area contributed by atoms with Gasteiger partial charge < -0.3 is 19.7 Å². The van der Waals surface area contributed by atoms with Gasteiger partial charge >= 0.3 is 0 Å². The second-order valence-electron chi connectivity index (χ2n) is 4.39. The van der Waals surface area contributed by atoms with Crippen molar-refractivity contribution in [2.45, 2.75) is 6.92 Å². The predicted molar refractivity (Wildman–Crippen MR) is 103 cm³/mol. The number of nitrogens with one attached hydrogen (secondary N) is 1. The van der Waals surface area contributed by atoms with E-state index in [1.54, 1.807) is 7.05 Å². The van der Waals surface area contributed by atoms with E-state index in [2.05, 4.69) is 10.3 Å². The third-order valence-electron chi connectivity index (χ3n) is 2.82. The van der Waals surface area contributed by atoms with E-state index in [1.165, 1.54) is 0 Å². The van der Waals surface area contributed by atoms with E-state index >= 15 is 0 Å². The number of hydrogen-bond donors (Lipinski definition) is 1. The molecule has 0 fully saturated rings. The van der Waals surface area contributed by atoms with Crippen LogP contribution in [0.2, 0.25) is 5.02 Å². The fourth-order valence-corrected chi connectivity index (χ4v) is 1.83. The summed E-state index contributed by atoms with van der Waals surface area (Å²) in [6.07, 6.45) is 0. The van der Waals surface area contributed by atoms with E-state index in [0.29, 0.717) is 18.2 Å². The van der Waals surface area contributed by atoms with Gasteiger partial charge in [-0.05, 0) is 31.2 Å². The Morgan fingerprint density at radius 2 is 1.95 bits per heavy atom. The maximum absolute atomic E-state index is 5.83. The van der Waals surface area contributed by atoms with Gasteiger partial charge in [0.1, 0.15) is 12.4 Å². The van der Waals surface area contributed by atoms with E-state index in [9.17, 15) is 0 Å². The summed E-state index contributed by atoms with van der Waals surface area (Å²) in [5.41, 5.74) is 0. The highest BCUT2D eigenvalue weighted by atomic mass is 127. The van der Waals surface area contributed by atoms with Crippen molar-refractivity contribution in [2.24, 2.45) is 4.99 Å². The van der Waals surface area contributed by atoms with Crippen molar-refractivity contribution in [1.29, 1.82) is 0 Å². The van der Waals surface area contributed by atoms with Gasteiger partial charge in [-0.2, -0.15) is 0 Å². The molecule has 1 rings (SSSR count). The van der Waals surface area contributed by atoms with Crippen LogP contribution in [0.15, 0.2) is 29.3 Å². The van der Waals surface area contributed by atoms with Gasteiger partial charge in [0.2, 0.25) is 0 Å². The zero-order valence-electron chi connectivity index (χ0n) is 13.3. The maximum atomic E-state index is 5.83. The molecule has 0 aliphatic rings. The summed E-state index contributed by atoms with van der Waals surface area (Å²) in [6, 6.07) is 7.35. The summed E-state index contributed by atoms with van der Waals surface area (Å²) in [7, 11) is 3.74. The Labute approximate surface area is 155 Å². The largest absolute Gasteiger partial charge is 0.492 e. The molecule has 0 aromatic heterocycles. The summed E-state index contributed by atoms with van der Waals surface area (Å²) in [5, 5.41) is 3.94. The van der Waals surface area contributed by atoms with Gasteiger partial charge in [0.15, 0.2) is 5.96 Å². The molecule has 22 heavy (non-hydrogen) atoms. The Hall–Kier alpha value is -0.730. The number of hydrogen-bond acceptors (Lipinski definition) is 3. The fourth-order valence-electron chi connectivity index (χ4n) is 1.70. The number of benzene rings is 1. The van der Waals surface area contributed by atoms with Crippen LogP contribution < -0.4 is 10.1 Å². The molecule has 0 aliphatic heterocycles. The van der Waals surface area contributed by atoms with Crippen LogP contribution in [0.25, 0.3) is 0 Å². The smallest absolute Gasteiger partial charge is 0.193 e. The third-order valence-corrected chi connectivity index (χ3v) is 3.07. The molecular weight excluding hydrogens is 417 g/mol. The third kappa shape index (κ3) is 8.65. The van der Waals surface area contributed by atoms with Crippen molar-refractivity contribution < 1.29 is 9.47 Å². The highest BCUT2D eigenvalue weighted by molar-refractivity contribution is 14.0. The average Bonchev–Trinajstić information content (AvgIpc) is 2.49. The lowest BCUT2D eigenvalue weighted by atomic mass is 10.3. The molecule has 0 unspecified atom stereocenters. The van der Waals surface area contributed by atoms with Gasteiger partial charge in [0.05, 0.1) is 13.2 Å². The van der Waals surface area contributed by atoms with Crippen LogP contribution in [-0.2, 0) is 4.74 Å². The van der Waals surface area contributed by atoms with E-state index in [0.717, 1.165) is 31.4 Å². The van der Waals surface area contributed by atoms with Crippen molar-refractivity contribution in [2.75, 3.05) is 47.0 Å². The number of nitrogens with zero attached hydrogens (tertiary/aromatic N) is 2. The van der Waals surface area contributed by atoms with Crippen LogP contribution in [0.5, 0.6) is 5.75 Å². The van der Waals surface area contributed by atoms with Gasteiger partial charge in [0, 0.05) is 32.3 Å². The lowest BCUT2D eigenvalue weighted by molar-refractivity contribution is 0.152. The molecule has 7 heteroatoms. The maximum Gasteiger partial charge on any atom is 0.193 e. The van der Waals surface area contributed by atoms with Crippen LogP contribution in [0.1, 0.15) is 6.92 Å². The molecule has 0 heterocycles. The van der Waals surface area contributed by atoms with Crippen LogP contribution in [0, 0.1) is 0 Å². The molecule has 0 aliphatic carbocycles. The molecule has 1 N–H and O–H groups in total. The van der Waals surface area contributed by atoms with E-state index in [-0.39, 0.29) is 24.0 Å². The summed E-state index contributed by atoms with van der Waals surface area (Å²) >= 11 is 5.83. The number of rotatable bonds is 8. The first-order chi connectivity index (χ1) is 10.2. The first kappa shape index (κ1) is 21.3. The zero-order chi connectivity index (χ0) is 15.5. The number of guanidine groups is 1. The average molecular weight is 442 g/mol. The normalized spacial score (nSPS) is 10.8. The molecule has 0 radical (unpaired) electrons. The van der Waals surface area contributed by atoms with Gasteiger partial charge in [0.25, 0.3) is 0 Å². The lowest BCUT2D eigenvalue weighted by Gasteiger charge is -2.22. The van der Waals surface area contributed by atoms with Crippen molar-refractivity contribution in [3.8, 4) is 5.75 Å². The minimum Gasteiger partial charge on any atom is -0.492 e. The highest BCUT2D eigenvalue weighted by Gasteiger charge is 2.05. The van der Waals surface area contributed by atoms with Gasteiger partial charge in [-0.15, -0.1) is 24.0 Å². The second-order valence-corrected chi connectivity index (χ2v) is 4.83. The number of halogens is 2. The van der Waals surface area contributed by atoms with Crippen molar-refractivity contribution in [1.82, 2.24) is 10.2 Å². The number of aliphatic imine (C=N–C) groups is 1. The predicted octanol–water partition coefficient (Wildman–Crippen LogP) is 2.88. The minimum absolute atomic E-state index is 0. The van der Waals surface area contributed by atoms with Gasteiger partial charge in [-0.3, -0.25) is 4.99 Å². The molecule has 0 saturated heterocycles. The Bertz CT molecular complexity index is 429. The zero-order valence-corrected chi connectivity index (χ0v) is 16.4. The van der Waals surface area contributed by atoms with Gasteiger partial charge in [-0.1, -0.05) is 11.6 Å². The molecule has 126 valence electrons. The molecule has 5 nitrogen and oxygen atoms in total. The lowest BCUT2D eigenvalue weighted by Crippen LogP contribution is -2.42. The standard InChI is InChI=1S/C15H24ClN3O2.HI/c1-4-20-11-9-18-15(17-2)19(3)10-12-21-14-7-5-13(16)6-8-14;/h5-8H,4,9-12H2,1-3H3,(H,17,18);1H. The molecular formula is C15H25ClIN3O2. The first-order valence-corrected chi connectivity index (χ1v) is 7.43. The summed E-state index contributed by atoms with van der Waals surface area (Å²) in [5.74, 6) is 1.64. The van der Waals surface area contributed by atoms with Crippen LogP contribution >= 0.6 is 35.6 Å². The molecule has 1 aromatic carbocycles. The topological polar surface area (TPSA) is 46.1 Å². The van der Waals surface area contributed by atoms with Crippen LogP contribution in [0.3, 0.4) is 0 Å². The van der Waals surface area contributed by atoms with Crippen molar-refractivity contribution in [3.05, 3.63) is 29.3 Å². The summed E-state index contributed by atoms with van der Waals surface area (Å²) in [4.78, 5) is 6.24. The van der Waals surface area contributed by atoms with E-state index in [4.69, 9.17) is 21.1 Å². The number of likely N-dealkylation sites (N-methyl/N-ethyl adjacent to an activating group) is 1. The second kappa shape index (κ2) is 12.8. The van der Waals surface area contributed by atoms with Gasteiger partial charge in [-0.25, -0.2) is 0 Å². The molecule has 0 atom stereocenters. The molecule has 0 spiro atoms. The summed E-state index contributed by atoms with van der Waals surface area (Å²) in [6.45, 7) is 5.43. The van der Waals surface area contributed by atoms with E-state index in [1.807, 2.05) is 43.1 Å². The summed E-state index contributed by atoms with van der Waals surface area (Å²) < 4.78 is 10.9.